The Balaban J connectivity index is 1.56. The lowest BCUT2D eigenvalue weighted by Gasteiger charge is -2.36. The second-order valence-corrected chi connectivity index (χ2v) is 5.89. The fraction of sp³-hybridized carbons (Fsp3) is 0.263. The molecule has 0 unspecified atom stereocenters. The summed E-state index contributed by atoms with van der Waals surface area (Å²) in [6.07, 6.45) is 0. The minimum absolute atomic E-state index is 0.00848. The van der Waals surface area contributed by atoms with E-state index in [0.29, 0.717) is 24.4 Å². The molecule has 2 amide bonds. The highest BCUT2D eigenvalue weighted by molar-refractivity contribution is 5.94. The number of hydrogen-bond donors (Lipinski definition) is 1. The van der Waals surface area contributed by atoms with Crippen molar-refractivity contribution in [3.63, 3.8) is 0 Å². The zero-order valence-electron chi connectivity index (χ0n) is 13.9. The Morgan fingerprint density at radius 3 is 2.16 bits per heavy atom. The minimum atomic E-state index is -0.531. The summed E-state index contributed by atoms with van der Waals surface area (Å²) in [4.78, 5) is 27.5. The molecule has 1 fully saturated rings. The van der Waals surface area contributed by atoms with Crippen LogP contribution >= 0.6 is 0 Å². The van der Waals surface area contributed by atoms with Crippen molar-refractivity contribution < 1.29 is 14.3 Å². The molecule has 130 valence electrons. The molecule has 0 saturated carbocycles. The third kappa shape index (κ3) is 4.29. The van der Waals surface area contributed by atoms with Gasteiger partial charge in [0, 0.05) is 37.4 Å². The third-order valence-electron chi connectivity index (χ3n) is 4.17. The Labute approximate surface area is 146 Å². The number of primary amides is 1. The monoisotopic (exact) mass is 339 g/mol. The largest absolute Gasteiger partial charge is 0.484 e. The van der Waals surface area contributed by atoms with Crippen molar-refractivity contribution in [1.29, 1.82) is 0 Å². The van der Waals surface area contributed by atoms with Gasteiger partial charge in [-0.3, -0.25) is 9.59 Å². The van der Waals surface area contributed by atoms with Crippen molar-refractivity contribution in [2.24, 2.45) is 5.73 Å². The van der Waals surface area contributed by atoms with Gasteiger partial charge < -0.3 is 20.3 Å². The third-order valence-corrected chi connectivity index (χ3v) is 4.17. The molecule has 1 saturated heterocycles. The lowest BCUT2D eigenvalue weighted by atomic mass is 10.1. The predicted octanol–water partition coefficient (Wildman–Crippen LogP) is 1.51. The molecule has 6 heteroatoms. The Bertz CT molecular complexity index is 723. The summed E-state index contributed by atoms with van der Waals surface area (Å²) >= 11 is 0. The van der Waals surface area contributed by atoms with Crippen molar-refractivity contribution in [2.75, 3.05) is 37.7 Å². The second kappa shape index (κ2) is 7.70. The summed E-state index contributed by atoms with van der Waals surface area (Å²) < 4.78 is 5.20. The molecule has 6 nitrogen and oxygen atoms in total. The molecule has 0 aliphatic carbocycles. The molecule has 1 heterocycles. The van der Waals surface area contributed by atoms with Gasteiger partial charge in [-0.05, 0) is 36.4 Å². The Morgan fingerprint density at radius 2 is 1.56 bits per heavy atom. The van der Waals surface area contributed by atoms with Gasteiger partial charge in [-0.1, -0.05) is 18.2 Å². The standard InChI is InChI=1S/C19H21N3O3/c20-18(23)14-25-17-8-6-15(7-9-17)19(24)22-12-10-21(11-13-22)16-4-2-1-3-5-16/h1-9H,10-14H2,(H2,20,23). The van der Waals surface area contributed by atoms with Crippen molar-refractivity contribution >= 4 is 17.5 Å². The number of amides is 2. The smallest absolute Gasteiger partial charge is 0.255 e. The number of rotatable bonds is 5. The summed E-state index contributed by atoms with van der Waals surface area (Å²) in [5, 5.41) is 0. The minimum Gasteiger partial charge on any atom is -0.484 e. The topological polar surface area (TPSA) is 75.9 Å². The van der Waals surface area contributed by atoms with Crippen molar-refractivity contribution in [3.8, 4) is 5.75 Å². The van der Waals surface area contributed by atoms with Crippen molar-refractivity contribution in [1.82, 2.24) is 4.90 Å². The molecule has 1 aliphatic heterocycles. The molecular weight excluding hydrogens is 318 g/mol. The normalized spacial score (nSPS) is 14.2. The number of anilines is 1. The maximum atomic E-state index is 12.6. The fourth-order valence-electron chi connectivity index (χ4n) is 2.84. The lowest BCUT2D eigenvalue weighted by Crippen LogP contribution is -2.48. The molecule has 2 aromatic carbocycles. The molecule has 0 radical (unpaired) electrons. The zero-order chi connectivity index (χ0) is 17.6. The summed E-state index contributed by atoms with van der Waals surface area (Å²) in [6, 6.07) is 17.0. The van der Waals surface area contributed by atoms with Crippen LogP contribution in [0.4, 0.5) is 5.69 Å². The second-order valence-electron chi connectivity index (χ2n) is 5.89. The van der Waals surface area contributed by atoms with Crippen LogP contribution in [0.15, 0.2) is 54.6 Å². The Kier molecular flexibility index (Phi) is 5.18. The SMILES string of the molecule is NC(=O)COc1ccc(C(=O)N2CCN(c3ccccc3)CC2)cc1. The van der Waals surface area contributed by atoms with Crippen LogP contribution in [0.5, 0.6) is 5.75 Å². The molecule has 2 aromatic rings. The zero-order valence-corrected chi connectivity index (χ0v) is 13.9. The van der Waals surface area contributed by atoms with Gasteiger partial charge in [0.2, 0.25) is 0 Å². The van der Waals surface area contributed by atoms with E-state index in [1.54, 1.807) is 24.3 Å². The van der Waals surface area contributed by atoms with E-state index in [1.165, 1.54) is 5.69 Å². The number of ether oxygens (including phenoxy) is 1. The highest BCUT2D eigenvalue weighted by Gasteiger charge is 2.22. The number of piperazine rings is 1. The molecule has 0 aromatic heterocycles. The van der Waals surface area contributed by atoms with Gasteiger partial charge in [0.15, 0.2) is 6.61 Å². The Hall–Kier alpha value is -3.02. The van der Waals surface area contributed by atoms with Crippen LogP contribution < -0.4 is 15.4 Å². The van der Waals surface area contributed by atoms with Crippen LogP contribution in [0.25, 0.3) is 0 Å². The number of carbonyl (C=O) groups excluding carboxylic acids is 2. The first-order chi connectivity index (χ1) is 12.1. The molecule has 1 aliphatic rings. The van der Waals surface area contributed by atoms with Crippen LogP contribution in [0.1, 0.15) is 10.4 Å². The number of hydrogen-bond acceptors (Lipinski definition) is 4. The summed E-state index contributed by atoms with van der Waals surface area (Å²) in [7, 11) is 0. The van der Waals surface area contributed by atoms with Crippen molar-refractivity contribution in [2.45, 2.75) is 0 Å². The van der Waals surface area contributed by atoms with Crippen LogP contribution in [0.3, 0.4) is 0 Å². The van der Waals surface area contributed by atoms with E-state index in [9.17, 15) is 9.59 Å². The van der Waals surface area contributed by atoms with E-state index in [2.05, 4.69) is 17.0 Å². The van der Waals surface area contributed by atoms with Gasteiger partial charge in [0.05, 0.1) is 0 Å². The summed E-state index contributed by atoms with van der Waals surface area (Å²) in [5.74, 6) is -0.00477. The summed E-state index contributed by atoms with van der Waals surface area (Å²) in [6.45, 7) is 2.83. The number of para-hydroxylation sites is 1. The van der Waals surface area contributed by atoms with E-state index in [0.717, 1.165) is 13.1 Å². The molecule has 0 bridgehead atoms. The molecule has 0 spiro atoms. The van der Waals surface area contributed by atoms with Gasteiger partial charge in [0.25, 0.3) is 11.8 Å². The van der Waals surface area contributed by atoms with Crippen LogP contribution in [-0.2, 0) is 4.79 Å². The average molecular weight is 339 g/mol. The first-order valence-electron chi connectivity index (χ1n) is 8.24. The molecule has 2 N–H and O–H groups in total. The molecular formula is C19H21N3O3. The number of nitrogens with zero attached hydrogens (tertiary/aromatic N) is 2. The number of nitrogens with two attached hydrogens (primary N) is 1. The lowest BCUT2D eigenvalue weighted by molar-refractivity contribution is -0.119. The van der Waals surface area contributed by atoms with Gasteiger partial charge in [-0.15, -0.1) is 0 Å². The van der Waals surface area contributed by atoms with Crippen LogP contribution in [0.2, 0.25) is 0 Å². The van der Waals surface area contributed by atoms with E-state index in [1.807, 2.05) is 23.1 Å². The van der Waals surface area contributed by atoms with E-state index >= 15 is 0 Å². The first-order valence-corrected chi connectivity index (χ1v) is 8.24. The van der Waals surface area contributed by atoms with E-state index < -0.39 is 5.91 Å². The average Bonchev–Trinajstić information content (AvgIpc) is 2.67. The predicted molar refractivity (Wildman–Crippen MR) is 95.7 cm³/mol. The first kappa shape index (κ1) is 16.8. The number of carbonyl (C=O) groups is 2. The highest BCUT2D eigenvalue weighted by atomic mass is 16.5. The van der Waals surface area contributed by atoms with Gasteiger partial charge >= 0.3 is 0 Å². The van der Waals surface area contributed by atoms with Gasteiger partial charge in [-0.2, -0.15) is 0 Å². The van der Waals surface area contributed by atoms with Crippen LogP contribution in [0, 0.1) is 0 Å². The molecule has 0 atom stereocenters. The summed E-state index contributed by atoms with van der Waals surface area (Å²) in [5.41, 5.74) is 6.84. The van der Waals surface area contributed by atoms with Gasteiger partial charge in [-0.25, -0.2) is 0 Å². The van der Waals surface area contributed by atoms with Crippen molar-refractivity contribution in [3.05, 3.63) is 60.2 Å². The highest BCUT2D eigenvalue weighted by Crippen LogP contribution is 2.18. The fourth-order valence-corrected chi connectivity index (χ4v) is 2.84. The molecule has 3 rings (SSSR count). The Morgan fingerprint density at radius 1 is 0.920 bits per heavy atom. The van der Waals surface area contributed by atoms with Gasteiger partial charge in [0.1, 0.15) is 5.75 Å². The van der Waals surface area contributed by atoms with Crippen LogP contribution in [-0.4, -0.2) is 49.5 Å². The quantitative estimate of drug-likeness (QED) is 0.896. The maximum absolute atomic E-state index is 12.6. The maximum Gasteiger partial charge on any atom is 0.255 e. The van der Waals surface area contributed by atoms with E-state index in [4.69, 9.17) is 10.5 Å². The van der Waals surface area contributed by atoms with E-state index in [-0.39, 0.29) is 12.5 Å². The number of benzene rings is 2. The molecule has 25 heavy (non-hydrogen) atoms.